The molecule has 2 aliphatic rings. The van der Waals surface area contributed by atoms with Gasteiger partial charge < -0.3 is 10.5 Å². The van der Waals surface area contributed by atoms with Crippen molar-refractivity contribution in [3.8, 4) is 0 Å². The first-order chi connectivity index (χ1) is 14.1. The fraction of sp³-hybridized carbons (Fsp3) is 0.217. The number of β-lactam (4-membered cyclic amide) rings is 1. The molecule has 2 aliphatic heterocycles. The van der Waals surface area contributed by atoms with Crippen LogP contribution in [0.4, 0.5) is 0 Å². The summed E-state index contributed by atoms with van der Waals surface area (Å²) in [6.45, 7) is 1.88. The molecule has 4 rings (SSSR count). The van der Waals surface area contributed by atoms with Crippen molar-refractivity contribution in [2.75, 3.05) is 5.75 Å². The number of esters is 1. The average Bonchev–Trinajstić information content (AvgIpc) is 2.77. The smallest absolute Gasteiger partial charge is 0.356 e. The Morgan fingerprint density at radius 2 is 1.72 bits per heavy atom. The molecule has 2 heterocycles. The van der Waals surface area contributed by atoms with Crippen molar-refractivity contribution in [3.63, 3.8) is 0 Å². The van der Waals surface area contributed by atoms with Crippen LogP contribution in [0.15, 0.2) is 84.1 Å². The van der Waals surface area contributed by atoms with Gasteiger partial charge in [-0.05, 0) is 23.6 Å². The third-order valence-corrected chi connectivity index (χ3v) is 6.35. The summed E-state index contributed by atoms with van der Waals surface area (Å²) >= 11 is 1.57. The lowest BCUT2D eigenvalue weighted by Gasteiger charge is -2.48. The predicted molar refractivity (Wildman–Crippen MR) is 114 cm³/mol. The fourth-order valence-corrected chi connectivity index (χ4v) is 4.87. The molecule has 0 aliphatic carbocycles. The third kappa shape index (κ3) is 3.61. The van der Waals surface area contributed by atoms with Crippen molar-refractivity contribution in [3.05, 3.63) is 95.2 Å². The zero-order valence-electron chi connectivity index (χ0n) is 16.0. The second kappa shape index (κ2) is 8.27. The monoisotopic (exact) mass is 406 g/mol. The quantitative estimate of drug-likeness (QED) is 0.609. The van der Waals surface area contributed by atoms with Crippen LogP contribution in [-0.2, 0) is 14.3 Å². The first-order valence-corrected chi connectivity index (χ1v) is 10.5. The molecule has 0 bridgehead atoms. The number of thioether (sulfide) groups is 1. The van der Waals surface area contributed by atoms with Crippen molar-refractivity contribution in [2.45, 2.75) is 24.4 Å². The Morgan fingerprint density at radius 3 is 2.28 bits per heavy atom. The zero-order chi connectivity index (χ0) is 20.4. The molecular formula is C23H22N2O3S. The second-order valence-corrected chi connectivity index (χ2v) is 8.02. The summed E-state index contributed by atoms with van der Waals surface area (Å²) in [6, 6.07) is 18.6. The van der Waals surface area contributed by atoms with Gasteiger partial charge in [0, 0.05) is 5.75 Å². The SMILES string of the molecule is CC=CC1=C(C(=O)OC(c2ccccc2)c2ccccc2)N2C(=O)[C@@H](N)[C@@H]2SC1. The zero-order valence-corrected chi connectivity index (χ0v) is 16.8. The van der Waals surface area contributed by atoms with Crippen molar-refractivity contribution in [1.29, 1.82) is 0 Å². The van der Waals surface area contributed by atoms with Gasteiger partial charge in [0.15, 0.2) is 6.10 Å². The molecule has 29 heavy (non-hydrogen) atoms. The van der Waals surface area contributed by atoms with E-state index in [1.807, 2.05) is 79.7 Å². The molecule has 2 atom stereocenters. The molecule has 1 amide bonds. The highest BCUT2D eigenvalue weighted by Crippen LogP contribution is 2.41. The molecule has 0 unspecified atom stereocenters. The van der Waals surface area contributed by atoms with Crippen molar-refractivity contribution in [2.24, 2.45) is 5.73 Å². The molecule has 148 valence electrons. The van der Waals surface area contributed by atoms with Gasteiger partial charge in [0.05, 0.1) is 0 Å². The van der Waals surface area contributed by atoms with Gasteiger partial charge in [-0.3, -0.25) is 9.69 Å². The number of rotatable bonds is 5. The number of carbonyl (C=O) groups excluding carboxylic acids is 2. The number of nitrogens with two attached hydrogens (primary N) is 1. The number of fused-ring (bicyclic) bond motifs is 1. The van der Waals surface area contributed by atoms with Crippen molar-refractivity contribution >= 4 is 23.6 Å². The highest BCUT2D eigenvalue weighted by molar-refractivity contribution is 8.00. The molecule has 1 fully saturated rings. The molecule has 0 radical (unpaired) electrons. The van der Waals surface area contributed by atoms with E-state index < -0.39 is 18.1 Å². The van der Waals surface area contributed by atoms with Crippen LogP contribution in [0.25, 0.3) is 0 Å². The molecule has 0 aromatic heterocycles. The van der Waals surface area contributed by atoms with Crippen LogP contribution < -0.4 is 5.73 Å². The number of amides is 1. The minimum absolute atomic E-state index is 0.217. The van der Waals surface area contributed by atoms with Gasteiger partial charge in [-0.15, -0.1) is 11.8 Å². The Balaban J connectivity index is 1.70. The van der Waals surface area contributed by atoms with Crippen LogP contribution in [0.1, 0.15) is 24.2 Å². The fourth-order valence-electron chi connectivity index (χ4n) is 3.61. The first kappa shape index (κ1) is 19.5. The lowest BCUT2D eigenvalue weighted by molar-refractivity contribution is -0.153. The number of carbonyl (C=O) groups is 2. The molecular weight excluding hydrogens is 384 g/mol. The highest BCUT2D eigenvalue weighted by atomic mass is 32.2. The number of hydrogen-bond acceptors (Lipinski definition) is 5. The summed E-state index contributed by atoms with van der Waals surface area (Å²) < 4.78 is 6.00. The largest absolute Gasteiger partial charge is 0.448 e. The van der Waals surface area contributed by atoms with E-state index in [9.17, 15) is 9.59 Å². The van der Waals surface area contributed by atoms with Crippen LogP contribution in [0.5, 0.6) is 0 Å². The molecule has 2 aromatic carbocycles. The van der Waals surface area contributed by atoms with Crippen LogP contribution in [0.3, 0.4) is 0 Å². The van der Waals surface area contributed by atoms with E-state index >= 15 is 0 Å². The number of ether oxygens (including phenoxy) is 1. The number of benzene rings is 2. The Hall–Kier alpha value is -2.83. The average molecular weight is 407 g/mol. The van der Waals surface area contributed by atoms with E-state index in [1.165, 1.54) is 4.90 Å². The highest BCUT2D eigenvalue weighted by Gasteiger charge is 2.52. The minimum Gasteiger partial charge on any atom is -0.448 e. The number of nitrogens with zero attached hydrogens (tertiary/aromatic N) is 1. The van der Waals surface area contributed by atoms with Gasteiger partial charge in [-0.1, -0.05) is 72.8 Å². The minimum atomic E-state index is -0.575. The Labute approximate surface area is 174 Å². The van der Waals surface area contributed by atoms with Crippen molar-refractivity contribution in [1.82, 2.24) is 4.90 Å². The number of hydrogen-bond donors (Lipinski definition) is 1. The normalized spacial score (nSPS) is 21.3. The predicted octanol–water partition coefficient (Wildman–Crippen LogP) is 3.39. The topological polar surface area (TPSA) is 72.6 Å². The van der Waals surface area contributed by atoms with E-state index in [2.05, 4.69) is 0 Å². The van der Waals surface area contributed by atoms with E-state index in [4.69, 9.17) is 10.5 Å². The van der Waals surface area contributed by atoms with Crippen molar-refractivity contribution < 1.29 is 14.3 Å². The summed E-state index contributed by atoms with van der Waals surface area (Å²) in [4.78, 5) is 27.2. The number of allylic oxidation sites excluding steroid dienone is 2. The lowest BCUT2D eigenvalue weighted by Crippen LogP contribution is -2.68. The van der Waals surface area contributed by atoms with Gasteiger partial charge in [0.25, 0.3) is 0 Å². The summed E-state index contributed by atoms with van der Waals surface area (Å²) in [6.07, 6.45) is 3.15. The van der Waals surface area contributed by atoms with E-state index in [0.29, 0.717) is 11.4 Å². The Bertz CT molecular complexity index is 933. The lowest BCUT2D eigenvalue weighted by atomic mass is 10.0. The maximum atomic E-state index is 13.3. The van der Waals surface area contributed by atoms with Crippen LogP contribution in [0.2, 0.25) is 0 Å². The van der Waals surface area contributed by atoms with Crippen LogP contribution in [0, 0.1) is 0 Å². The molecule has 2 aromatic rings. The Morgan fingerprint density at radius 1 is 1.14 bits per heavy atom. The maximum absolute atomic E-state index is 13.3. The van der Waals surface area contributed by atoms with Gasteiger partial charge >= 0.3 is 5.97 Å². The van der Waals surface area contributed by atoms with Gasteiger partial charge in [-0.2, -0.15) is 0 Å². The molecule has 6 heteroatoms. The van der Waals surface area contributed by atoms with Crippen LogP contribution >= 0.6 is 11.8 Å². The Kier molecular flexibility index (Phi) is 5.56. The maximum Gasteiger partial charge on any atom is 0.356 e. The van der Waals surface area contributed by atoms with Crippen LogP contribution in [-0.4, -0.2) is 33.9 Å². The van der Waals surface area contributed by atoms with Gasteiger partial charge in [0.2, 0.25) is 5.91 Å². The van der Waals surface area contributed by atoms with Gasteiger partial charge in [0.1, 0.15) is 17.1 Å². The summed E-state index contributed by atoms with van der Waals surface area (Å²) in [7, 11) is 0. The van der Waals surface area contributed by atoms with E-state index in [-0.39, 0.29) is 11.3 Å². The second-order valence-electron chi connectivity index (χ2n) is 6.92. The summed E-state index contributed by atoms with van der Waals surface area (Å²) in [5.41, 5.74) is 8.75. The molecule has 0 saturated carbocycles. The van der Waals surface area contributed by atoms with E-state index in [0.717, 1.165) is 16.7 Å². The first-order valence-electron chi connectivity index (χ1n) is 9.48. The van der Waals surface area contributed by atoms with E-state index in [1.54, 1.807) is 11.8 Å². The summed E-state index contributed by atoms with van der Waals surface area (Å²) in [5, 5.41) is -0.217. The molecule has 2 N–H and O–H groups in total. The third-order valence-electron chi connectivity index (χ3n) is 5.03. The van der Waals surface area contributed by atoms with Gasteiger partial charge in [-0.25, -0.2) is 4.79 Å². The standard InChI is InChI=1S/C23H22N2O3S/c1-2-9-17-14-29-22-18(24)21(26)25(22)19(17)23(27)28-20(15-10-5-3-6-11-15)16-12-7-4-8-13-16/h2-13,18,20,22H,14,24H2,1H3/t18-,22+/m1/s1. The molecule has 5 nitrogen and oxygen atoms in total. The summed E-state index contributed by atoms with van der Waals surface area (Å²) in [5.74, 6) is -0.147. The molecule has 1 saturated heterocycles. The molecule has 0 spiro atoms.